The maximum absolute atomic E-state index is 15.5. The minimum absolute atomic E-state index is 0.0184. The largest absolute Gasteiger partial charge is 0.490 e. The topological polar surface area (TPSA) is 156 Å². The number of imide groups is 2. The number of carbonyl (C=O) groups excluding carboxylic acids is 5. The molecule has 0 spiro atoms. The number of piperidine rings is 2. The summed E-state index contributed by atoms with van der Waals surface area (Å²) in [5.74, 6) is -0.315. The van der Waals surface area contributed by atoms with Crippen LogP contribution in [-0.4, -0.2) is 102 Å². The van der Waals surface area contributed by atoms with Crippen molar-refractivity contribution >= 4 is 52.5 Å². The molecular weight excluding hydrogens is 789 g/mol. The lowest BCUT2D eigenvalue weighted by Gasteiger charge is -2.40. The molecule has 2 aromatic carbocycles. The molecule has 3 aromatic rings. The van der Waals surface area contributed by atoms with Gasteiger partial charge in [-0.1, -0.05) is 11.6 Å². The van der Waals surface area contributed by atoms with Gasteiger partial charge in [-0.25, -0.2) is 9.37 Å². The number of carbonyl (C=O) groups is 5. The highest BCUT2D eigenvalue weighted by atomic mass is 35.5. The molecule has 0 radical (unpaired) electrons. The van der Waals surface area contributed by atoms with Crippen molar-refractivity contribution in [3.8, 4) is 11.8 Å². The summed E-state index contributed by atoms with van der Waals surface area (Å²) in [5.41, 5.74) is 2.40. The number of Topliss-reactive ketones (excluding diaryl/α,β-unsaturated/α-hetero) is 1. The van der Waals surface area contributed by atoms with Crippen LogP contribution in [0.5, 0.6) is 5.75 Å². The number of hydrogen-bond acceptors (Lipinski definition) is 11. The summed E-state index contributed by atoms with van der Waals surface area (Å²) in [5, 5.41) is 11.7. The van der Waals surface area contributed by atoms with Crippen molar-refractivity contribution in [1.82, 2.24) is 20.1 Å². The van der Waals surface area contributed by atoms with Gasteiger partial charge in [0.1, 0.15) is 29.5 Å². The molecule has 3 saturated heterocycles. The Labute approximate surface area is 352 Å². The van der Waals surface area contributed by atoms with E-state index in [1.807, 2.05) is 17.0 Å². The van der Waals surface area contributed by atoms with Crippen LogP contribution in [0, 0.1) is 34.9 Å². The van der Waals surface area contributed by atoms with Crippen molar-refractivity contribution < 1.29 is 33.1 Å². The number of ketones is 1. The first-order valence-electron chi connectivity index (χ1n) is 21.2. The van der Waals surface area contributed by atoms with Gasteiger partial charge < -0.3 is 14.5 Å². The van der Waals surface area contributed by atoms with E-state index < -0.39 is 35.5 Å². The second-order valence-electron chi connectivity index (χ2n) is 17.2. The van der Waals surface area contributed by atoms with Crippen LogP contribution in [0.3, 0.4) is 0 Å². The van der Waals surface area contributed by atoms with Gasteiger partial charge in [-0.2, -0.15) is 5.26 Å². The second-order valence-corrected chi connectivity index (χ2v) is 17.6. The Kier molecular flexibility index (Phi) is 11.1. The number of nitrogens with one attached hydrogen (secondary N) is 1. The summed E-state index contributed by atoms with van der Waals surface area (Å²) in [6, 6.07) is 12.7. The molecule has 1 saturated carbocycles. The van der Waals surface area contributed by atoms with E-state index in [-0.39, 0.29) is 47.5 Å². The first-order chi connectivity index (χ1) is 29.0. The van der Waals surface area contributed by atoms with E-state index in [1.54, 1.807) is 18.2 Å². The molecule has 4 aliphatic heterocycles. The number of ether oxygens (including phenoxy) is 1. The molecule has 1 N–H and O–H groups in total. The van der Waals surface area contributed by atoms with Crippen LogP contribution >= 0.6 is 11.6 Å². The Morgan fingerprint density at radius 1 is 0.817 bits per heavy atom. The molecule has 2 aliphatic carbocycles. The van der Waals surface area contributed by atoms with Gasteiger partial charge in [0.2, 0.25) is 11.8 Å². The number of nitriles is 1. The molecule has 60 heavy (non-hydrogen) atoms. The zero-order valence-corrected chi connectivity index (χ0v) is 34.1. The fraction of sp³-hybridized carbons (Fsp3) is 0.489. The number of amides is 4. The number of rotatable bonds is 9. The normalized spacial score (nSPS) is 25.0. The molecule has 4 fully saturated rings. The number of aromatic nitrogens is 1. The molecule has 2 unspecified atom stereocenters. The lowest BCUT2D eigenvalue weighted by Crippen LogP contribution is -2.54. The Balaban J connectivity index is 0.725. The third-order valence-corrected chi connectivity index (χ3v) is 13.8. The highest BCUT2D eigenvalue weighted by Gasteiger charge is 2.45. The first-order valence-corrected chi connectivity index (χ1v) is 21.6. The highest BCUT2D eigenvalue weighted by molar-refractivity contribution is 6.31. The summed E-state index contributed by atoms with van der Waals surface area (Å²) in [4.78, 5) is 76.5. The minimum atomic E-state index is -1.10. The quantitative estimate of drug-likeness (QED) is 0.269. The van der Waals surface area contributed by atoms with Gasteiger partial charge in [-0.3, -0.25) is 39.1 Å². The molecule has 4 amide bonds. The van der Waals surface area contributed by atoms with Crippen molar-refractivity contribution in [1.29, 1.82) is 5.26 Å². The zero-order chi connectivity index (χ0) is 41.7. The van der Waals surface area contributed by atoms with Gasteiger partial charge in [0, 0.05) is 76.2 Å². The predicted octanol–water partition coefficient (Wildman–Crippen LogP) is 5.57. The van der Waals surface area contributed by atoms with Gasteiger partial charge in [-0.15, -0.1) is 0 Å². The smallest absolute Gasteiger partial charge is 0.262 e. The number of pyridine rings is 1. The highest BCUT2D eigenvalue weighted by Crippen LogP contribution is 2.38. The van der Waals surface area contributed by atoms with E-state index >= 15 is 4.39 Å². The Hall–Kier alpha value is -5.39. The van der Waals surface area contributed by atoms with Crippen molar-refractivity contribution in [2.45, 2.75) is 76.4 Å². The summed E-state index contributed by atoms with van der Waals surface area (Å²) < 4.78 is 21.7. The summed E-state index contributed by atoms with van der Waals surface area (Å²) in [7, 11) is 0. The third-order valence-electron chi connectivity index (χ3n) is 13.5. The Morgan fingerprint density at radius 3 is 2.25 bits per heavy atom. The maximum atomic E-state index is 15.5. The molecule has 13 nitrogen and oxygen atoms in total. The average molecular weight is 836 g/mol. The van der Waals surface area contributed by atoms with Gasteiger partial charge in [0.05, 0.1) is 39.2 Å². The third kappa shape index (κ3) is 7.85. The van der Waals surface area contributed by atoms with Crippen LogP contribution in [-0.2, 0) is 16.0 Å². The predicted molar refractivity (Wildman–Crippen MR) is 220 cm³/mol. The molecule has 5 heterocycles. The number of fused-ring (bicyclic) bond motifs is 2. The molecule has 2 atom stereocenters. The summed E-state index contributed by atoms with van der Waals surface area (Å²) >= 11 is 6.19. The van der Waals surface area contributed by atoms with Gasteiger partial charge in [0.15, 0.2) is 5.78 Å². The number of nitrogens with zero attached hydrogens (tertiary/aromatic N) is 6. The van der Waals surface area contributed by atoms with E-state index in [1.165, 1.54) is 6.07 Å². The maximum Gasteiger partial charge on any atom is 0.262 e. The van der Waals surface area contributed by atoms with Crippen LogP contribution in [0.2, 0.25) is 5.02 Å². The van der Waals surface area contributed by atoms with Gasteiger partial charge >= 0.3 is 0 Å². The fourth-order valence-corrected chi connectivity index (χ4v) is 10.3. The Morgan fingerprint density at radius 2 is 1.55 bits per heavy atom. The number of benzene rings is 2. The second kappa shape index (κ2) is 16.6. The summed E-state index contributed by atoms with van der Waals surface area (Å²) in [6.45, 7) is 5.31. The van der Waals surface area contributed by atoms with Crippen molar-refractivity contribution in [3.05, 3.63) is 81.3 Å². The molecule has 0 bridgehead atoms. The molecule has 9 rings (SSSR count). The standard InChI is InChI=1S/C45H47ClFN7O6/c46-35-21-31(6-3-28(35)24-48)60-30-4-1-26(2-5-30)19-29-20-37-32(42(29)56)7-9-40(49-37)53-13-11-27(12-14-53)25-51-15-17-52(18-16-51)39-23-34-33(22-36(39)47)44(58)54(45(34)59)38-8-10-41(55)50-43(38)57/h3,6-7,9,21-23,26-27,29-30,38H,1-2,4-5,8,10-20,25H2,(H,50,55,57). The van der Waals surface area contributed by atoms with E-state index in [9.17, 15) is 24.0 Å². The molecule has 312 valence electrons. The van der Waals surface area contributed by atoms with Crippen molar-refractivity contribution in [3.63, 3.8) is 0 Å². The average Bonchev–Trinajstić information content (AvgIpc) is 3.68. The SMILES string of the molecule is N#Cc1ccc(OC2CCC(CC3Cc4nc(N5CCC(CN6CCN(c7cc8c(cc7F)C(=O)N(C7CCC(=O)NC7=O)C8=O)CC6)CC5)ccc4C3=O)CC2)cc1Cl. The van der Waals surface area contributed by atoms with Crippen LogP contribution in [0.4, 0.5) is 15.9 Å². The van der Waals surface area contributed by atoms with Crippen LogP contribution < -0.4 is 19.9 Å². The lowest BCUT2D eigenvalue weighted by molar-refractivity contribution is -0.136. The minimum Gasteiger partial charge on any atom is -0.490 e. The molecule has 6 aliphatic rings. The number of anilines is 2. The number of piperazine rings is 1. The molecule has 1 aromatic heterocycles. The van der Waals surface area contributed by atoms with Crippen LogP contribution in [0.15, 0.2) is 42.5 Å². The van der Waals surface area contributed by atoms with E-state index in [4.69, 9.17) is 26.6 Å². The monoisotopic (exact) mass is 835 g/mol. The van der Waals surface area contributed by atoms with Gasteiger partial charge in [-0.05, 0) is 99.6 Å². The Bertz CT molecular complexity index is 2290. The molecular formula is C45H47ClFN7O6. The number of halogens is 2. The molecule has 15 heteroatoms. The van der Waals surface area contributed by atoms with E-state index in [0.29, 0.717) is 47.7 Å². The number of hydrogen-bond donors (Lipinski definition) is 1. The summed E-state index contributed by atoms with van der Waals surface area (Å²) in [6.07, 6.45) is 7.60. The fourth-order valence-electron chi connectivity index (χ4n) is 10.1. The lowest BCUT2D eigenvalue weighted by atomic mass is 9.80. The van der Waals surface area contributed by atoms with Crippen LogP contribution in [0.1, 0.15) is 100 Å². The van der Waals surface area contributed by atoms with Crippen molar-refractivity contribution in [2.24, 2.45) is 17.8 Å². The van der Waals surface area contributed by atoms with Crippen LogP contribution in [0.25, 0.3) is 0 Å². The van der Waals surface area contributed by atoms with Gasteiger partial charge in [0.25, 0.3) is 11.8 Å². The zero-order valence-electron chi connectivity index (χ0n) is 33.3. The van der Waals surface area contributed by atoms with Crippen molar-refractivity contribution in [2.75, 3.05) is 55.6 Å². The van der Waals surface area contributed by atoms with E-state index in [2.05, 4.69) is 21.2 Å². The first kappa shape index (κ1) is 40.0. The van der Waals surface area contributed by atoms with E-state index in [0.717, 1.165) is 106 Å².